The van der Waals surface area contributed by atoms with E-state index < -0.39 is 9.84 Å². The van der Waals surface area contributed by atoms with Crippen LogP contribution < -0.4 is 0 Å². The van der Waals surface area contributed by atoms with Crippen molar-refractivity contribution in [3.63, 3.8) is 0 Å². The lowest BCUT2D eigenvalue weighted by atomic mass is 9.95. The third kappa shape index (κ3) is 5.82. The normalized spacial score (nSPS) is 22.4. The average molecular weight is 566 g/mol. The molecular formula is C27H30Cl2N2O5S. The molecule has 1 unspecified atom stereocenters. The van der Waals surface area contributed by atoms with E-state index in [2.05, 4.69) is 0 Å². The van der Waals surface area contributed by atoms with E-state index in [0.29, 0.717) is 35.2 Å². The van der Waals surface area contributed by atoms with Crippen LogP contribution in [-0.2, 0) is 25.8 Å². The van der Waals surface area contributed by atoms with Crippen molar-refractivity contribution in [1.82, 2.24) is 9.80 Å². The fraction of sp³-hybridized carbons (Fsp3) is 0.481. The Hall–Kier alpha value is -2.13. The van der Waals surface area contributed by atoms with Crippen LogP contribution in [-0.4, -0.2) is 80.4 Å². The van der Waals surface area contributed by atoms with Gasteiger partial charge in [0.1, 0.15) is 0 Å². The number of carbonyl (C=O) groups excluding carboxylic acids is 2. The van der Waals surface area contributed by atoms with Crippen LogP contribution in [0.2, 0.25) is 10.0 Å². The van der Waals surface area contributed by atoms with E-state index in [9.17, 15) is 18.0 Å². The molecule has 198 valence electrons. The molecule has 37 heavy (non-hydrogen) atoms. The summed E-state index contributed by atoms with van der Waals surface area (Å²) in [6, 6.07) is 11.1. The molecule has 0 N–H and O–H groups in total. The molecule has 3 aliphatic heterocycles. The maximum absolute atomic E-state index is 13.1. The molecule has 10 heteroatoms. The number of amides is 2. The van der Waals surface area contributed by atoms with Crippen molar-refractivity contribution in [2.75, 3.05) is 44.4 Å². The van der Waals surface area contributed by atoms with Gasteiger partial charge in [-0.05, 0) is 66.6 Å². The molecule has 1 atom stereocenters. The first-order valence-corrected chi connectivity index (χ1v) is 15.3. The molecule has 0 radical (unpaired) electrons. The Morgan fingerprint density at radius 1 is 0.919 bits per heavy atom. The van der Waals surface area contributed by atoms with Gasteiger partial charge in [-0.1, -0.05) is 35.3 Å². The highest BCUT2D eigenvalue weighted by Crippen LogP contribution is 2.36. The standard InChI is InChI=1S/C27H30Cl2N2O5S/c28-24-16-21(18-1-3-19(4-2-18)26(32)30-9-13-37(34,35)14-10-30)17-25(29)23(24)15-20-5-8-31(27(20)33)22-6-11-36-12-7-22/h1-4,16-17,20,22H,5-15H2. The highest BCUT2D eigenvalue weighted by molar-refractivity contribution is 7.91. The Morgan fingerprint density at radius 3 is 2.16 bits per heavy atom. The Labute approximate surface area is 227 Å². The molecule has 3 aliphatic rings. The van der Waals surface area contributed by atoms with Crippen LogP contribution in [0.15, 0.2) is 36.4 Å². The first-order valence-electron chi connectivity index (χ1n) is 12.7. The van der Waals surface area contributed by atoms with Crippen LogP contribution in [0.1, 0.15) is 35.2 Å². The molecule has 0 aromatic heterocycles. The van der Waals surface area contributed by atoms with Crippen molar-refractivity contribution in [3.8, 4) is 11.1 Å². The van der Waals surface area contributed by atoms with Crippen LogP contribution >= 0.6 is 23.2 Å². The van der Waals surface area contributed by atoms with Crippen LogP contribution in [0.4, 0.5) is 0 Å². The number of likely N-dealkylation sites (tertiary alicyclic amines) is 1. The summed E-state index contributed by atoms with van der Waals surface area (Å²) in [5.41, 5.74) is 2.97. The molecule has 5 rings (SSSR count). The minimum Gasteiger partial charge on any atom is -0.381 e. The molecule has 0 bridgehead atoms. The van der Waals surface area contributed by atoms with Gasteiger partial charge in [0, 0.05) is 60.4 Å². The molecule has 3 saturated heterocycles. The molecular weight excluding hydrogens is 535 g/mol. The van der Waals surface area contributed by atoms with Gasteiger partial charge in [-0.15, -0.1) is 0 Å². The number of ether oxygens (including phenoxy) is 1. The smallest absolute Gasteiger partial charge is 0.253 e. The van der Waals surface area contributed by atoms with E-state index in [0.717, 1.165) is 42.5 Å². The Balaban J connectivity index is 1.26. The first-order chi connectivity index (χ1) is 17.7. The lowest BCUT2D eigenvalue weighted by molar-refractivity contribution is -0.134. The van der Waals surface area contributed by atoms with Crippen molar-refractivity contribution in [1.29, 1.82) is 0 Å². The molecule has 0 spiro atoms. The lowest BCUT2D eigenvalue weighted by Crippen LogP contribution is -2.43. The summed E-state index contributed by atoms with van der Waals surface area (Å²) in [6.07, 6.45) is 3.08. The molecule has 2 amide bonds. The topological polar surface area (TPSA) is 84.0 Å². The van der Waals surface area contributed by atoms with Crippen LogP contribution in [0.3, 0.4) is 0 Å². The summed E-state index contributed by atoms with van der Waals surface area (Å²) in [4.78, 5) is 29.5. The van der Waals surface area contributed by atoms with Gasteiger partial charge in [0.05, 0.1) is 11.5 Å². The summed E-state index contributed by atoms with van der Waals surface area (Å²) in [5.74, 6) is -0.127. The van der Waals surface area contributed by atoms with Crippen LogP contribution in [0.5, 0.6) is 0 Å². The summed E-state index contributed by atoms with van der Waals surface area (Å²) >= 11 is 13.3. The molecule has 2 aromatic rings. The van der Waals surface area contributed by atoms with Crippen molar-refractivity contribution < 1.29 is 22.7 Å². The number of benzene rings is 2. The van der Waals surface area contributed by atoms with E-state index in [4.69, 9.17) is 27.9 Å². The molecule has 3 heterocycles. The van der Waals surface area contributed by atoms with Gasteiger partial charge in [0.25, 0.3) is 5.91 Å². The van der Waals surface area contributed by atoms with Crippen molar-refractivity contribution in [2.45, 2.75) is 31.7 Å². The predicted octanol–water partition coefficient (Wildman–Crippen LogP) is 4.10. The van der Waals surface area contributed by atoms with Gasteiger partial charge in [-0.3, -0.25) is 9.59 Å². The Morgan fingerprint density at radius 2 is 1.54 bits per heavy atom. The average Bonchev–Trinajstić information content (AvgIpc) is 3.26. The van der Waals surface area contributed by atoms with Gasteiger partial charge in [0.15, 0.2) is 9.84 Å². The van der Waals surface area contributed by atoms with Crippen LogP contribution in [0, 0.1) is 5.92 Å². The van der Waals surface area contributed by atoms with E-state index in [1.54, 1.807) is 17.0 Å². The summed E-state index contributed by atoms with van der Waals surface area (Å²) in [7, 11) is -3.05. The van der Waals surface area contributed by atoms with Gasteiger partial charge in [0.2, 0.25) is 5.91 Å². The third-order valence-corrected chi connectivity index (χ3v) is 9.95. The molecule has 7 nitrogen and oxygen atoms in total. The Bertz CT molecular complexity index is 1260. The second-order valence-electron chi connectivity index (χ2n) is 10.0. The zero-order valence-corrected chi connectivity index (χ0v) is 22.8. The van der Waals surface area contributed by atoms with Gasteiger partial charge in [-0.2, -0.15) is 0 Å². The van der Waals surface area contributed by atoms with Gasteiger partial charge < -0.3 is 14.5 Å². The van der Waals surface area contributed by atoms with Crippen molar-refractivity contribution >= 4 is 44.9 Å². The van der Waals surface area contributed by atoms with Crippen molar-refractivity contribution in [2.24, 2.45) is 5.92 Å². The highest BCUT2D eigenvalue weighted by atomic mass is 35.5. The van der Waals surface area contributed by atoms with E-state index in [-0.39, 0.29) is 48.4 Å². The van der Waals surface area contributed by atoms with Crippen LogP contribution in [0.25, 0.3) is 11.1 Å². The summed E-state index contributed by atoms with van der Waals surface area (Å²) in [5, 5.41) is 1.05. The quantitative estimate of drug-likeness (QED) is 0.545. The molecule has 0 saturated carbocycles. The minimum absolute atomic E-state index is 0.000196. The largest absolute Gasteiger partial charge is 0.381 e. The lowest BCUT2D eigenvalue weighted by Gasteiger charge is -2.31. The number of halogens is 2. The SMILES string of the molecule is O=C(c1ccc(-c2cc(Cl)c(CC3CCN(C4CCOCC4)C3=O)c(Cl)c2)cc1)N1CCS(=O)(=O)CC1. The summed E-state index contributed by atoms with van der Waals surface area (Å²) < 4.78 is 28.7. The summed E-state index contributed by atoms with van der Waals surface area (Å²) in [6.45, 7) is 2.60. The minimum atomic E-state index is -3.05. The maximum Gasteiger partial charge on any atom is 0.253 e. The number of nitrogens with zero attached hydrogens (tertiary/aromatic N) is 2. The highest BCUT2D eigenvalue weighted by Gasteiger charge is 2.37. The van der Waals surface area contributed by atoms with Gasteiger partial charge >= 0.3 is 0 Å². The number of hydrogen-bond donors (Lipinski definition) is 0. The van der Waals surface area contributed by atoms with E-state index >= 15 is 0 Å². The monoisotopic (exact) mass is 564 g/mol. The second-order valence-corrected chi connectivity index (χ2v) is 13.1. The van der Waals surface area contributed by atoms with Crippen molar-refractivity contribution in [3.05, 3.63) is 57.6 Å². The third-order valence-electron chi connectivity index (χ3n) is 7.67. The first kappa shape index (κ1) is 26.5. The maximum atomic E-state index is 13.1. The second kappa shape index (κ2) is 10.9. The number of sulfone groups is 1. The number of rotatable bonds is 5. The fourth-order valence-corrected chi connectivity index (χ4v) is 7.27. The zero-order valence-electron chi connectivity index (χ0n) is 20.5. The molecule has 0 aliphatic carbocycles. The number of hydrogen-bond acceptors (Lipinski definition) is 5. The molecule has 2 aromatic carbocycles. The van der Waals surface area contributed by atoms with E-state index in [1.807, 2.05) is 29.2 Å². The van der Waals surface area contributed by atoms with E-state index in [1.165, 1.54) is 0 Å². The van der Waals surface area contributed by atoms with Gasteiger partial charge in [-0.25, -0.2) is 8.42 Å². The number of carbonyl (C=O) groups is 2. The predicted molar refractivity (Wildman–Crippen MR) is 144 cm³/mol. The molecule has 3 fully saturated rings. The Kier molecular flexibility index (Phi) is 7.82. The fourth-order valence-electron chi connectivity index (χ4n) is 5.43. The zero-order chi connectivity index (χ0) is 26.2.